The molecule has 2 N–H and O–H groups in total. The van der Waals surface area contributed by atoms with Crippen molar-refractivity contribution in [1.29, 1.82) is 0 Å². The third kappa shape index (κ3) is 2.56. The highest BCUT2D eigenvalue weighted by Crippen LogP contribution is 2.58. The molecule has 2 unspecified atom stereocenters. The van der Waals surface area contributed by atoms with E-state index in [4.69, 9.17) is 0 Å². The summed E-state index contributed by atoms with van der Waals surface area (Å²) in [6, 6.07) is 7.10. The van der Waals surface area contributed by atoms with Crippen molar-refractivity contribution in [2.45, 2.75) is 13.8 Å². The molecule has 0 bridgehead atoms. The van der Waals surface area contributed by atoms with Gasteiger partial charge in [-0.1, -0.05) is 26.0 Å². The predicted octanol–water partition coefficient (Wildman–Crippen LogP) is 1.17. The molecule has 1 saturated carbocycles. The number of amides is 1. The van der Waals surface area contributed by atoms with E-state index >= 15 is 0 Å². The zero-order valence-electron chi connectivity index (χ0n) is 13.0. The van der Waals surface area contributed by atoms with Crippen LogP contribution in [0.1, 0.15) is 13.8 Å². The molecule has 2 atom stereocenters. The molecule has 0 aliphatic heterocycles. The minimum absolute atomic E-state index is 0.307. The quantitative estimate of drug-likeness (QED) is 0.876. The molecular weight excluding hydrogens is 298 g/mol. The van der Waals surface area contributed by atoms with Crippen molar-refractivity contribution >= 4 is 17.6 Å². The molecule has 0 radical (unpaired) electrons. The second-order valence-corrected chi connectivity index (χ2v) is 6.25. The summed E-state index contributed by atoms with van der Waals surface area (Å²) in [5.74, 6) is -2.07. The molecule has 1 aromatic carbocycles. The summed E-state index contributed by atoms with van der Waals surface area (Å²) in [6.07, 6.45) is 0. The van der Waals surface area contributed by atoms with Crippen LogP contribution >= 0.6 is 0 Å². The molecule has 8 heteroatoms. The molecular formula is C15H17N5O3. The number of aromatic nitrogens is 4. The van der Waals surface area contributed by atoms with E-state index < -0.39 is 23.2 Å². The molecule has 2 aromatic rings. The van der Waals surface area contributed by atoms with Crippen LogP contribution in [0, 0.1) is 17.3 Å². The van der Waals surface area contributed by atoms with E-state index in [0.29, 0.717) is 17.1 Å². The summed E-state index contributed by atoms with van der Waals surface area (Å²) >= 11 is 0. The number of tetrazole rings is 1. The monoisotopic (exact) mass is 315 g/mol. The largest absolute Gasteiger partial charge is 0.481 e. The Morgan fingerprint density at radius 3 is 2.52 bits per heavy atom. The highest BCUT2D eigenvalue weighted by molar-refractivity contribution is 6.01. The fourth-order valence-corrected chi connectivity index (χ4v) is 2.98. The second-order valence-electron chi connectivity index (χ2n) is 6.25. The summed E-state index contributed by atoms with van der Waals surface area (Å²) < 4.78 is 0. The lowest BCUT2D eigenvalue weighted by Crippen LogP contribution is -2.18. The van der Waals surface area contributed by atoms with Gasteiger partial charge in [-0.05, 0) is 22.8 Å². The Morgan fingerprint density at radius 2 is 1.96 bits per heavy atom. The number of aryl methyl sites for hydroxylation is 1. The van der Waals surface area contributed by atoms with Gasteiger partial charge in [0, 0.05) is 5.56 Å². The molecule has 1 aliphatic rings. The topological polar surface area (TPSA) is 110 Å². The number of nitrogens with zero attached hydrogens (tertiary/aromatic N) is 4. The van der Waals surface area contributed by atoms with Gasteiger partial charge in [-0.3, -0.25) is 9.59 Å². The molecule has 1 heterocycles. The predicted molar refractivity (Wildman–Crippen MR) is 81.3 cm³/mol. The number of benzene rings is 1. The first-order chi connectivity index (χ1) is 10.8. The van der Waals surface area contributed by atoms with E-state index in [2.05, 4.69) is 20.7 Å². The highest BCUT2D eigenvalue weighted by atomic mass is 16.4. The average Bonchev–Trinajstić information content (AvgIpc) is 2.83. The number of hydrogen-bond donors (Lipinski definition) is 2. The summed E-state index contributed by atoms with van der Waals surface area (Å²) in [5, 5.41) is 23.9. The van der Waals surface area contributed by atoms with Crippen LogP contribution in [0.4, 0.5) is 5.69 Å². The zero-order valence-corrected chi connectivity index (χ0v) is 13.0. The van der Waals surface area contributed by atoms with Crippen molar-refractivity contribution in [3.8, 4) is 11.4 Å². The number of carbonyl (C=O) groups excluding carboxylic acids is 1. The SMILES string of the molecule is Cn1nnc(-c2ccccc2NC(=O)C2C(C(=O)O)C2(C)C)n1. The number of carbonyl (C=O) groups is 2. The van der Waals surface area contributed by atoms with Gasteiger partial charge in [0.15, 0.2) is 0 Å². The molecule has 23 heavy (non-hydrogen) atoms. The molecule has 1 amide bonds. The van der Waals surface area contributed by atoms with Crippen LogP contribution in [-0.4, -0.2) is 37.2 Å². The Bertz CT molecular complexity index is 783. The molecule has 1 aliphatic carbocycles. The fraction of sp³-hybridized carbons (Fsp3) is 0.400. The number of anilines is 1. The number of hydrogen-bond acceptors (Lipinski definition) is 5. The molecule has 1 fully saturated rings. The minimum Gasteiger partial charge on any atom is -0.481 e. The third-order valence-corrected chi connectivity index (χ3v) is 4.31. The maximum Gasteiger partial charge on any atom is 0.307 e. The zero-order chi connectivity index (χ0) is 16.8. The van der Waals surface area contributed by atoms with Crippen LogP contribution in [0.25, 0.3) is 11.4 Å². The van der Waals surface area contributed by atoms with E-state index in [1.165, 1.54) is 4.80 Å². The first-order valence-electron chi connectivity index (χ1n) is 7.19. The van der Waals surface area contributed by atoms with E-state index in [0.717, 1.165) is 0 Å². The van der Waals surface area contributed by atoms with Crippen LogP contribution in [0.5, 0.6) is 0 Å². The van der Waals surface area contributed by atoms with Gasteiger partial charge in [-0.25, -0.2) is 0 Å². The Balaban J connectivity index is 1.85. The molecule has 0 saturated heterocycles. The molecule has 0 spiro atoms. The Kier molecular flexibility index (Phi) is 3.39. The van der Waals surface area contributed by atoms with E-state index in [1.54, 1.807) is 39.1 Å². The first-order valence-corrected chi connectivity index (χ1v) is 7.19. The highest BCUT2D eigenvalue weighted by Gasteiger charge is 2.65. The van der Waals surface area contributed by atoms with Crippen LogP contribution in [0.3, 0.4) is 0 Å². The number of rotatable bonds is 4. The summed E-state index contributed by atoms with van der Waals surface area (Å²) in [4.78, 5) is 25.0. The van der Waals surface area contributed by atoms with Gasteiger partial charge in [0.1, 0.15) is 0 Å². The number of para-hydroxylation sites is 1. The van der Waals surface area contributed by atoms with Crippen LogP contribution in [0.2, 0.25) is 0 Å². The minimum atomic E-state index is -0.945. The van der Waals surface area contributed by atoms with Crippen LogP contribution in [0.15, 0.2) is 24.3 Å². The first kappa shape index (κ1) is 15.1. The van der Waals surface area contributed by atoms with Crippen molar-refractivity contribution in [3.63, 3.8) is 0 Å². The number of nitrogens with one attached hydrogen (secondary N) is 1. The molecule has 1 aromatic heterocycles. The number of aliphatic carboxylic acids is 1. The maximum absolute atomic E-state index is 12.5. The smallest absolute Gasteiger partial charge is 0.307 e. The maximum atomic E-state index is 12.5. The molecule has 120 valence electrons. The van der Waals surface area contributed by atoms with Crippen molar-refractivity contribution < 1.29 is 14.7 Å². The van der Waals surface area contributed by atoms with Gasteiger partial charge in [0.05, 0.1) is 24.6 Å². The normalized spacial score (nSPS) is 21.7. The van der Waals surface area contributed by atoms with Crippen molar-refractivity contribution in [3.05, 3.63) is 24.3 Å². The lowest BCUT2D eigenvalue weighted by atomic mass is 10.1. The van der Waals surface area contributed by atoms with Gasteiger partial charge in [-0.2, -0.15) is 4.80 Å². The lowest BCUT2D eigenvalue weighted by Gasteiger charge is -2.09. The van der Waals surface area contributed by atoms with Crippen molar-refractivity contribution in [2.24, 2.45) is 24.3 Å². The Morgan fingerprint density at radius 1 is 1.26 bits per heavy atom. The third-order valence-electron chi connectivity index (χ3n) is 4.31. The Labute approximate surface area is 132 Å². The lowest BCUT2D eigenvalue weighted by molar-refractivity contribution is -0.140. The van der Waals surface area contributed by atoms with Crippen molar-refractivity contribution in [1.82, 2.24) is 20.2 Å². The average molecular weight is 315 g/mol. The fourth-order valence-electron chi connectivity index (χ4n) is 2.98. The summed E-state index contributed by atoms with van der Waals surface area (Å²) in [7, 11) is 1.65. The van der Waals surface area contributed by atoms with E-state index in [9.17, 15) is 14.7 Å². The van der Waals surface area contributed by atoms with Gasteiger partial charge < -0.3 is 10.4 Å². The second kappa shape index (κ2) is 5.15. The van der Waals surface area contributed by atoms with E-state index in [-0.39, 0.29) is 5.91 Å². The van der Waals surface area contributed by atoms with Gasteiger partial charge in [-0.15, -0.1) is 10.2 Å². The van der Waals surface area contributed by atoms with Gasteiger partial charge in [0.2, 0.25) is 11.7 Å². The molecule has 8 nitrogen and oxygen atoms in total. The number of carboxylic acids is 1. The van der Waals surface area contributed by atoms with E-state index in [1.807, 2.05) is 6.07 Å². The van der Waals surface area contributed by atoms with Gasteiger partial charge in [0.25, 0.3) is 0 Å². The Hall–Kier alpha value is -2.77. The number of carboxylic acid groups (broad SMARTS) is 1. The molecule has 3 rings (SSSR count). The summed E-state index contributed by atoms with van der Waals surface area (Å²) in [5.41, 5.74) is 0.631. The van der Waals surface area contributed by atoms with Crippen molar-refractivity contribution in [2.75, 3.05) is 5.32 Å². The van der Waals surface area contributed by atoms with Gasteiger partial charge >= 0.3 is 5.97 Å². The standard InChI is InChI=1S/C15H17N5O3/c1-15(2)10(11(15)14(22)23)13(21)16-9-7-5-4-6-8(9)12-17-19-20(3)18-12/h4-7,10-11H,1-3H3,(H,16,21)(H,22,23). The van der Waals surface area contributed by atoms with Crippen LogP contribution in [-0.2, 0) is 16.6 Å². The summed E-state index contributed by atoms with van der Waals surface area (Å²) in [6.45, 7) is 3.57. The van der Waals surface area contributed by atoms with Crippen LogP contribution < -0.4 is 5.32 Å².